The summed E-state index contributed by atoms with van der Waals surface area (Å²) in [6.45, 7) is 8.53. The molecule has 1 heterocycles. The van der Waals surface area contributed by atoms with Crippen molar-refractivity contribution in [3.05, 3.63) is 34.4 Å². The predicted octanol–water partition coefficient (Wildman–Crippen LogP) is 5.82. The first-order valence-corrected chi connectivity index (χ1v) is 10.3. The Labute approximate surface area is 162 Å². The molecule has 2 aliphatic rings. The van der Waals surface area contributed by atoms with Crippen LogP contribution >= 0.6 is 0 Å². The number of allylic oxidation sites excluding steroid dienone is 2. The van der Waals surface area contributed by atoms with E-state index >= 15 is 0 Å². The number of aromatic hydroxyl groups is 1. The van der Waals surface area contributed by atoms with Crippen molar-refractivity contribution in [1.29, 1.82) is 0 Å². The van der Waals surface area contributed by atoms with Crippen LogP contribution in [0, 0.1) is 5.92 Å². The van der Waals surface area contributed by atoms with Crippen LogP contribution < -0.4 is 4.74 Å². The lowest BCUT2D eigenvalue weighted by Crippen LogP contribution is -2.47. The van der Waals surface area contributed by atoms with Crippen molar-refractivity contribution in [3.63, 3.8) is 0 Å². The lowest BCUT2D eigenvalue weighted by atomic mass is 9.66. The van der Waals surface area contributed by atoms with Crippen LogP contribution in [0.4, 0.5) is 0 Å². The summed E-state index contributed by atoms with van der Waals surface area (Å²) in [4.78, 5) is 12.0. The Balaban J connectivity index is 2.17. The molecule has 1 aromatic rings. The zero-order valence-electron chi connectivity index (χ0n) is 17.0. The van der Waals surface area contributed by atoms with Crippen molar-refractivity contribution in [2.24, 2.45) is 5.92 Å². The van der Waals surface area contributed by atoms with E-state index in [1.165, 1.54) is 5.57 Å². The van der Waals surface area contributed by atoms with Gasteiger partial charge in [0.1, 0.15) is 22.7 Å². The van der Waals surface area contributed by atoms with E-state index in [2.05, 4.69) is 33.8 Å². The van der Waals surface area contributed by atoms with Gasteiger partial charge in [-0.15, -0.1) is 0 Å². The third-order valence-electron chi connectivity index (χ3n) is 6.56. The average molecular weight is 373 g/mol. The van der Waals surface area contributed by atoms with Crippen LogP contribution in [0.3, 0.4) is 0 Å². The quantitative estimate of drug-likeness (QED) is 0.487. The molecule has 0 spiro atoms. The average Bonchev–Trinajstić information content (AvgIpc) is 2.61. The van der Waals surface area contributed by atoms with Gasteiger partial charge in [0.2, 0.25) is 0 Å². The van der Waals surface area contributed by atoms with Crippen LogP contribution in [-0.2, 0) is 6.42 Å². The van der Waals surface area contributed by atoms with Gasteiger partial charge in [0.25, 0.3) is 0 Å². The Bertz CT molecular complexity index is 764. The topological polar surface area (TPSA) is 66.8 Å². The summed E-state index contributed by atoms with van der Waals surface area (Å²) >= 11 is 0. The van der Waals surface area contributed by atoms with Crippen LogP contribution in [0.2, 0.25) is 0 Å². The van der Waals surface area contributed by atoms with Gasteiger partial charge in [-0.2, -0.15) is 0 Å². The number of aryl methyl sites for hydroxylation is 1. The van der Waals surface area contributed by atoms with Gasteiger partial charge in [0, 0.05) is 17.4 Å². The number of carbonyl (C=O) groups is 1. The van der Waals surface area contributed by atoms with Crippen LogP contribution in [-0.4, -0.2) is 21.8 Å². The minimum atomic E-state index is -1.06. The Morgan fingerprint density at radius 2 is 2.07 bits per heavy atom. The summed E-state index contributed by atoms with van der Waals surface area (Å²) in [5, 5.41) is 20.8. The molecule has 0 saturated heterocycles. The number of unbranched alkanes of at least 4 members (excludes halogenated alkanes) is 2. The molecule has 0 amide bonds. The van der Waals surface area contributed by atoms with Gasteiger partial charge in [-0.25, -0.2) is 4.79 Å². The van der Waals surface area contributed by atoms with Crippen molar-refractivity contribution < 1.29 is 19.7 Å². The highest BCUT2D eigenvalue weighted by atomic mass is 16.5. The molecule has 0 aromatic heterocycles. The molecule has 1 aromatic carbocycles. The molecule has 3 rings (SSSR count). The molecular weight excluding hydrogens is 340 g/mol. The Morgan fingerprint density at radius 1 is 1.33 bits per heavy atom. The zero-order valence-corrected chi connectivity index (χ0v) is 17.0. The van der Waals surface area contributed by atoms with Crippen molar-refractivity contribution in [2.75, 3.05) is 0 Å². The van der Waals surface area contributed by atoms with Gasteiger partial charge in [-0.3, -0.25) is 0 Å². The number of phenols is 1. The van der Waals surface area contributed by atoms with Crippen molar-refractivity contribution in [1.82, 2.24) is 0 Å². The van der Waals surface area contributed by atoms with Crippen LogP contribution in [0.1, 0.15) is 93.6 Å². The maximum atomic E-state index is 12.0. The largest absolute Gasteiger partial charge is 0.507 e. The molecule has 148 valence electrons. The minimum Gasteiger partial charge on any atom is -0.507 e. The molecule has 4 heteroatoms. The summed E-state index contributed by atoms with van der Waals surface area (Å²) in [6.07, 6.45) is 8.78. The Hall–Kier alpha value is -1.97. The summed E-state index contributed by atoms with van der Waals surface area (Å²) in [5.41, 5.74) is 2.41. The molecule has 0 radical (unpaired) electrons. The molecule has 0 fully saturated rings. The smallest absolute Gasteiger partial charge is 0.339 e. The second-order valence-electron chi connectivity index (χ2n) is 8.39. The fourth-order valence-electron chi connectivity index (χ4n) is 4.82. The van der Waals surface area contributed by atoms with E-state index in [0.717, 1.165) is 38.5 Å². The molecule has 1 aliphatic heterocycles. The molecule has 3 unspecified atom stereocenters. The summed E-state index contributed by atoms with van der Waals surface area (Å²) in [6, 6.07) is 1.88. The molecule has 3 atom stereocenters. The SMILES string of the molecule is CCCCCc1cc2c(c(O)c1C(=O)O)C1C=C(C)CCC1C(C)(CC)O2. The second-order valence-corrected chi connectivity index (χ2v) is 8.39. The Kier molecular flexibility index (Phi) is 5.55. The van der Waals surface area contributed by atoms with Crippen molar-refractivity contribution in [2.45, 2.75) is 84.2 Å². The fraction of sp³-hybridized carbons (Fsp3) is 0.609. The van der Waals surface area contributed by atoms with E-state index in [1.807, 2.05) is 6.07 Å². The van der Waals surface area contributed by atoms with Crippen LogP contribution in [0.25, 0.3) is 0 Å². The van der Waals surface area contributed by atoms with Crippen molar-refractivity contribution in [3.8, 4) is 11.5 Å². The molecule has 27 heavy (non-hydrogen) atoms. The van der Waals surface area contributed by atoms with Crippen molar-refractivity contribution >= 4 is 5.97 Å². The first kappa shape index (κ1) is 19.8. The van der Waals surface area contributed by atoms with Gasteiger partial charge in [0.15, 0.2) is 0 Å². The van der Waals surface area contributed by atoms with E-state index in [4.69, 9.17) is 4.74 Å². The number of fused-ring (bicyclic) bond motifs is 3. The number of hydrogen-bond acceptors (Lipinski definition) is 3. The summed E-state index contributed by atoms with van der Waals surface area (Å²) < 4.78 is 6.45. The molecule has 2 N–H and O–H groups in total. The third-order valence-corrected chi connectivity index (χ3v) is 6.56. The molecule has 1 aliphatic carbocycles. The van der Waals surface area contributed by atoms with E-state index < -0.39 is 5.97 Å². The fourth-order valence-corrected chi connectivity index (χ4v) is 4.82. The first-order valence-electron chi connectivity index (χ1n) is 10.3. The standard InChI is InChI=1S/C23H32O4/c1-5-7-8-9-15-13-18-20(21(24)19(15)22(25)26)16-12-14(3)10-11-17(16)23(4,6-2)27-18/h12-13,16-17,24H,5-11H2,1-4H3,(H,25,26). The minimum absolute atomic E-state index is 0.00948. The van der Waals surface area contributed by atoms with E-state index in [-0.39, 0.29) is 28.7 Å². The number of ether oxygens (including phenoxy) is 1. The van der Waals surface area contributed by atoms with Gasteiger partial charge in [-0.05, 0) is 57.6 Å². The molecule has 0 saturated carbocycles. The second kappa shape index (κ2) is 7.57. The van der Waals surface area contributed by atoms with Gasteiger partial charge < -0.3 is 14.9 Å². The third kappa shape index (κ3) is 3.46. The maximum Gasteiger partial charge on any atom is 0.339 e. The van der Waals surface area contributed by atoms with E-state index in [1.54, 1.807) is 0 Å². The number of carboxylic acid groups (broad SMARTS) is 1. The summed E-state index contributed by atoms with van der Waals surface area (Å²) in [5.74, 6) is -0.225. The highest BCUT2D eigenvalue weighted by Crippen LogP contribution is 2.55. The maximum absolute atomic E-state index is 12.0. The number of benzene rings is 1. The zero-order chi connectivity index (χ0) is 19.8. The van der Waals surface area contributed by atoms with Gasteiger partial charge in [0.05, 0.1) is 0 Å². The molecule has 4 nitrogen and oxygen atoms in total. The number of carboxylic acids is 1. The Morgan fingerprint density at radius 3 is 2.70 bits per heavy atom. The number of aromatic carboxylic acids is 1. The number of rotatable bonds is 6. The lowest BCUT2D eigenvalue weighted by molar-refractivity contribution is -0.00911. The van der Waals surface area contributed by atoms with Crippen LogP contribution in [0.15, 0.2) is 17.7 Å². The number of hydrogen-bond donors (Lipinski definition) is 2. The normalized spacial score (nSPS) is 26.6. The highest BCUT2D eigenvalue weighted by Gasteiger charge is 2.47. The molecular formula is C23H32O4. The van der Waals surface area contributed by atoms with E-state index in [9.17, 15) is 15.0 Å². The highest BCUT2D eigenvalue weighted by molar-refractivity contribution is 5.94. The van der Waals surface area contributed by atoms with E-state index in [0.29, 0.717) is 23.3 Å². The first-order chi connectivity index (χ1) is 12.8. The van der Waals surface area contributed by atoms with Crippen LogP contribution in [0.5, 0.6) is 11.5 Å². The van der Waals surface area contributed by atoms with Gasteiger partial charge >= 0.3 is 5.97 Å². The summed E-state index contributed by atoms with van der Waals surface area (Å²) in [7, 11) is 0. The predicted molar refractivity (Wildman–Crippen MR) is 107 cm³/mol. The monoisotopic (exact) mass is 372 g/mol. The lowest BCUT2D eigenvalue weighted by Gasteiger charge is -2.48. The molecule has 0 bridgehead atoms. The van der Waals surface area contributed by atoms with Gasteiger partial charge in [-0.1, -0.05) is 38.3 Å².